The van der Waals surface area contributed by atoms with Crippen molar-refractivity contribution in [2.75, 3.05) is 31.6 Å². The van der Waals surface area contributed by atoms with Crippen molar-refractivity contribution >= 4 is 23.5 Å². The predicted octanol–water partition coefficient (Wildman–Crippen LogP) is 1.78. The van der Waals surface area contributed by atoms with Gasteiger partial charge in [-0.25, -0.2) is 0 Å². The Labute approximate surface area is 160 Å². The van der Waals surface area contributed by atoms with E-state index in [0.29, 0.717) is 19.7 Å². The molecule has 0 spiro atoms. The normalized spacial score (nSPS) is 17.3. The summed E-state index contributed by atoms with van der Waals surface area (Å²) in [4.78, 5) is 38.4. The minimum absolute atomic E-state index is 0.0489. The number of esters is 1. The summed E-state index contributed by atoms with van der Waals surface area (Å²) in [6.45, 7) is 7.39. The van der Waals surface area contributed by atoms with Gasteiger partial charge in [-0.15, -0.1) is 0 Å². The highest BCUT2D eigenvalue weighted by molar-refractivity contribution is 5.93. The average Bonchev–Trinajstić information content (AvgIpc) is 2.61. The summed E-state index contributed by atoms with van der Waals surface area (Å²) >= 11 is 0. The van der Waals surface area contributed by atoms with Crippen molar-refractivity contribution in [3.05, 3.63) is 29.3 Å². The molecule has 1 aromatic carbocycles. The van der Waals surface area contributed by atoms with Crippen LogP contribution in [0.5, 0.6) is 0 Å². The Morgan fingerprint density at radius 3 is 2.78 bits per heavy atom. The quantitative estimate of drug-likeness (QED) is 0.534. The number of rotatable bonds is 8. The van der Waals surface area contributed by atoms with Crippen LogP contribution in [0.1, 0.15) is 37.3 Å². The van der Waals surface area contributed by atoms with Crippen molar-refractivity contribution in [2.45, 2.75) is 46.1 Å². The highest BCUT2D eigenvalue weighted by Crippen LogP contribution is 2.15. The number of hydrogen-bond acceptors (Lipinski definition) is 5. The van der Waals surface area contributed by atoms with Gasteiger partial charge in [-0.05, 0) is 43.5 Å². The first-order chi connectivity index (χ1) is 12.9. The van der Waals surface area contributed by atoms with Gasteiger partial charge in [0.15, 0.2) is 0 Å². The fourth-order valence-corrected chi connectivity index (χ4v) is 2.92. The molecule has 0 aromatic heterocycles. The number of unbranched alkanes of at least 4 members (excludes halogenated alkanes) is 1. The molecule has 7 nitrogen and oxygen atoms in total. The van der Waals surface area contributed by atoms with Gasteiger partial charge < -0.3 is 15.4 Å². The molecule has 1 aliphatic rings. The molecule has 1 aliphatic heterocycles. The van der Waals surface area contributed by atoms with Crippen molar-refractivity contribution in [1.82, 2.24) is 10.2 Å². The molecule has 0 saturated carbocycles. The van der Waals surface area contributed by atoms with E-state index in [1.54, 1.807) is 4.90 Å². The van der Waals surface area contributed by atoms with Gasteiger partial charge in [0.05, 0.1) is 19.6 Å². The molecular formula is C20H29N3O4. The van der Waals surface area contributed by atoms with Gasteiger partial charge in [0, 0.05) is 18.8 Å². The Balaban J connectivity index is 1.94. The summed E-state index contributed by atoms with van der Waals surface area (Å²) in [5.74, 6) is -0.866. The third kappa shape index (κ3) is 6.36. The number of hydrogen-bond donors (Lipinski definition) is 2. The molecule has 1 aromatic rings. The molecule has 1 heterocycles. The molecule has 0 bridgehead atoms. The van der Waals surface area contributed by atoms with Crippen LogP contribution in [0.25, 0.3) is 0 Å². The number of aryl methyl sites for hydroxylation is 2. The molecule has 148 valence electrons. The lowest BCUT2D eigenvalue weighted by Crippen LogP contribution is -2.57. The molecule has 0 aliphatic carbocycles. The van der Waals surface area contributed by atoms with Gasteiger partial charge in [0.25, 0.3) is 0 Å². The molecule has 0 radical (unpaired) electrons. The smallest absolute Gasteiger partial charge is 0.307 e. The van der Waals surface area contributed by atoms with Crippen molar-refractivity contribution < 1.29 is 19.1 Å². The number of benzene rings is 1. The topological polar surface area (TPSA) is 87.7 Å². The monoisotopic (exact) mass is 375 g/mol. The van der Waals surface area contributed by atoms with Gasteiger partial charge in [-0.2, -0.15) is 0 Å². The molecule has 1 saturated heterocycles. The molecule has 7 heteroatoms. The second kappa shape index (κ2) is 10.1. The fraction of sp³-hybridized carbons (Fsp3) is 0.550. The maximum Gasteiger partial charge on any atom is 0.307 e. The van der Waals surface area contributed by atoms with Crippen LogP contribution in [0, 0.1) is 13.8 Å². The first-order valence-electron chi connectivity index (χ1n) is 9.45. The number of carbonyl (C=O) groups is 3. The maximum absolute atomic E-state index is 12.4. The number of nitrogens with zero attached hydrogens (tertiary/aromatic N) is 1. The van der Waals surface area contributed by atoms with E-state index >= 15 is 0 Å². The van der Waals surface area contributed by atoms with Crippen LogP contribution in [-0.4, -0.2) is 55.0 Å². The number of amides is 2. The molecule has 1 unspecified atom stereocenters. The van der Waals surface area contributed by atoms with E-state index in [9.17, 15) is 14.4 Å². The summed E-state index contributed by atoms with van der Waals surface area (Å²) in [5, 5.41) is 5.61. The standard InChI is InChI=1S/C20H29N3O4/c1-4-5-10-27-19(25)12-17-20(26)21-8-9-23(17)13-18(24)22-16-7-6-14(2)15(3)11-16/h6-7,11,17H,4-5,8-10,12-13H2,1-3H3,(H,21,26)(H,22,24). The summed E-state index contributed by atoms with van der Waals surface area (Å²) < 4.78 is 5.16. The van der Waals surface area contributed by atoms with Crippen LogP contribution in [-0.2, 0) is 19.1 Å². The van der Waals surface area contributed by atoms with Gasteiger partial charge in [0.1, 0.15) is 6.04 Å². The molecule has 1 atom stereocenters. The lowest BCUT2D eigenvalue weighted by molar-refractivity contribution is -0.149. The van der Waals surface area contributed by atoms with Crippen molar-refractivity contribution in [3.63, 3.8) is 0 Å². The summed E-state index contributed by atoms with van der Waals surface area (Å²) in [5.41, 5.74) is 2.97. The number of anilines is 1. The second-order valence-electron chi connectivity index (χ2n) is 6.90. The first kappa shape index (κ1) is 20.9. The van der Waals surface area contributed by atoms with Crippen LogP contribution in [0.2, 0.25) is 0 Å². The zero-order valence-electron chi connectivity index (χ0n) is 16.3. The second-order valence-corrected chi connectivity index (χ2v) is 6.90. The van der Waals surface area contributed by atoms with E-state index in [-0.39, 0.29) is 24.8 Å². The Morgan fingerprint density at radius 2 is 2.07 bits per heavy atom. The van der Waals surface area contributed by atoms with E-state index in [1.165, 1.54) is 0 Å². The highest BCUT2D eigenvalue weighted by Gasteiger charge is 2.33. The van der Waals surface area contributed by atoms with Crippen molar-refractivity contribution in [2.24, 2.45) is 0 Å². The Kier molecular flexibility index (Phi) is 7.79. The van der Waals surface area contributed by atoms with E-state index in [0.717, 1.165) is 29.7 Å². The van der Waals surface area contributed by atoms with Gasteiger partial charge in [-0.3, -0.25) is 19.3 Å². The van der Waals surface area contributed by atoms with E-state index in [4.69, 9.17) is 4.74 Å². The molecule has 1 fully saturated rings. The zero-order chi connectivity index (χ0) is 19.8. The van der Waals surface area contributed by atoms with E-state index in [1.807, 2.05) is 39.0 Å². The minimum atomic E-state index is -0.682. The van der Waals surface area contributed by atoms with E-state index in [2.05, 4.69) is 10.6 Å². The maximum atomic E-state index is 12.4. The Morgan fingerprint density at radius 1 is 1.30 bits per heavy atom. The van der Waals surface area contributed by atoms with Crippen molar-refractivity contribution in [1.29, 1.82) is 0 Å². The first-order valence-corrected chi connectivity index (χ1v) is 9.45. The SMILES string of the molecule is CCCCOC(=O)CC1C(=O)NCCN1CC(=O)Nc1ccc(C)c(C)c1. The van der Waals surface area contributed by atoms with Gasteiger partial charge in [-0.1, -0.05) is 19.4 Å². The summed E-state index contributed by atoms with van der Waals surface area (Å²) in [6, 6.07) is 5.04. The minimum Gasteiger partial charge on any atom is -0.466 e. The van der Waals surface area contributed by atoms with E-state index < -0.39 is 12.0 Å². The highest BCUT2D eigenvalue weighted by atomic mass is 16.5. The largest absolute Gasteiger partial charge is 0.466 e. The number of nitrogens with one attached hydrogen (secondary N) is 2. The Bertz CT molecular complexity index is 690. The van der Waals surface area contributed by atoms with Crippen LogP contribution >= 0.6 is 0 Å². The third-order valence-electron chi connectivity index (χ3n) is 4.70. The molecular weight excluding hydrogens is 346 g/mol. The molecule has 27 heavy (non-hydrogen) atoms. The lowest BCUT2D eigenvalue weighted by Gasteiger charge is -2.33. The number of ether oxygens (including phenoxy) is 1. The van der Waals surface area contributed by atoms with Crippen LogP contribution in [0.4, 0.5) is 5.69 Å². The summed E-state index contributed by atoms with van der Waals surface area (Å²) in [6.07, 6.45) is 1.68. The molecule has 2 N–H and O–H groups in total. The third-order valence-corrected chi connectivity index (χ3v) is 4.70. The number of carbonyl (C=O) groups excluding carboxylic acids is 3. The zero-order valence-corrected chi connectivity index (χ0v) is 16.3. The fourth-order valence-electron chi connectivity index (χ4n) is 2.92. The lowest BCUT2D eigenvalue weighted by atomic mass is 10.1. The average molecular weight is 375 g/mol. The molecule has 2 rings (SSSR count). The van der Waals surface area contributed by atoms with Crippen LogP contribution < -0.4 is 10.6 Å². The van der Waals surface area contributed by atoms with Crippen molar-refractivity contribution in [3.8, 4) is 0 Å². The predicted molar refractivity (Wildman–Crippen MR) is 103 cm³/mol. The van der Waals surface area contributed by atoms with Crippen LogP contribution in [0.15, 0.2) is 18.2 Å². The van der Waals surface area contributed by atoms with Crippen LogP contribution in [0.3, 0.4) is 0 Å². The molecule has 2 amide bonds. The van der Waals surface area contributed by atoms with Gasteiger partial charge >= 0.3 is 5.97 Å². The number of piperazine rings is 1. The summed E-state index contributed by atoms with van der Waals surface area (Å²) in [7, 11) is 0. The Hall–Kier alpha value is -2.41. The van der Waals surface area contributed by atoms with Gasteiger partial charge in [0.2, 0.25) is 11.8 Å².